The standard InChI is InChI=1S/C21H23N3O4S/c1-13(25)29-16-9-10-17-22(2)21(27)19-20(28-3)15(26)11-12-23(19)24(17)18(16)14-7-5-4-6-8-14/h4-8,11-12,16-18H,9-10H2,1-3H3/t16-,17-,18+/m0/s1. The van der Waals surface area contributed by atoms with Crippen LogP contribution in [0, 0.1) is 0 Å². The van der Waals surface area contributed by atoms with Crippen molar-refractivity contribution in [1.82, 2.24) is 9.58 Å². The Hall–Kier alpha value is -2.74. The van der Waals surface area contributed by atoms with Crippen LogP contribution in [0.15, 0.2) is 47.4 Å². The molecule has 1 amide bonds. The molecule has 3 heterocycles. The molecule has 1 aromatic carbocycles. The number of benzene rings is 1. The fourth-order valence-electron chi connectivity index (χ4n) is 4.36. The Morgan fingerprint density at radius 2 is 1.86 bits per heavy atom. The Balaban J connectivity index is 1.93. The van der Waals surface area contributed by atoms with E-state index in [1.165, 1.54) is 24.9 Å². The predicted molar refractivity (Wildman–Crippen MR) is 112 cm³/mol. The molecule has 4 rings (SSSR count). The molecule has 2 aliphatic heterocycles. The van der Waals surface area contributed by atoms with E-state index in [2.05, 4.69) is 5.01 Å². The third-order valence-electron chi connectivity index (χ3n) is 5.57. The number of aromatic nitrogens is 1. The summed E-state index contributed by atoms with van der Waals surface area (Å²) in [6, 6.07) is 11.2. The van der Waals surface area contributed by atoms with E-state index < -0.39 is 0 Å². The second kappa shape index (κ2) is 7.59. The summed E-state index contributed by atoms with van der Waals surface area (Å²) < 4.78 is 7.06. The van der Waals surface area contributed by atoms with Gasteiger partial charge in [-0.15, -0.1) is 0 Å². The van der Waals surface area contributed by atoms with Gasteiger partial charge in [0.25, 0.3) is 5.91 Å². The van der Waals surface area contributed by atoms with Crippen molar-refractivity contribution >= 4 is 22.8 Å². The van der Waals surface area contributed by atoms with Crippen LogP contribution in [0.25, 0.3) is 0 Å². The maximum atomic E-state index is 13.1. The average molecular weight is 413 g/mol. The van der Waals surface area contributed by atoms with Gasteiger partial charge in [0.05, 0.1) is 13.2 Å². The molecule has 1 fully saturated rings. The number of nitrogens with zero attached hydrogens (tertiary/aromatic N) is 3. The number of rotatable bonds is 3. The number of methoxy groups -OCH3 is 1. The van der Waals surface area contributed by atoms with E-state index in [-0.39, 0.29) is 45.4 Å². The van der Waals surface area contributed by atoms with E-state index >= 15 is 0 Å². The Labute approximate surface area is 173 Å². The maximum absolute atomic E-state index is 13.1. The number of hydrogen-bond donors (Lipinski definition) is 0. The monoisotopic (exact) mass is 413 g/mol. The third-order valence-corrected chi connectivity index (χ3v) is 6.70. The third kappa shape index (κ3) is 3.21. The molecule has 0 saturated carbocycles. The minimum Gasteiger partial charge on any atom is -0.491 e. The Morgan fingerprint density at radius 3 is 2.52 bits per heavy atom. The van der Waals surface area contributed by atoms with Gasteiger partial charge in [0.1, 0.15) is 6.17 Å². The summed E-state index contributed by atoms with van der Waals surface area (Å²) in [7, 11) is 3.15. The highest BCUT2D eigenvalue weighted by molar-refractivity contribution is 8.14. The van der Waals surface area contributed by atoms with Crippen LogP contribution < -0.4 is 15.2 Å². The minimum atomic E-state index is -0.332. The number of fused-ring (bicyclic) bond motifs is 3. The van der Waals surface area contributed by atoms with E-state index in [9.17, 15) is 14.4 Å². The van der Waals surface area contributed by atoms with Crippen molar-refractivity contribution in [2.75, 3.05) is 19.2 Å². The van der Waals surface area contributed by atoms with Gasteiger partial charge in [-0.3, -0.25) is 24.1 Å². The van der Waals surface area contributed by atoms with Gasteiger partial charge in [-0.2, -0.15) is 0 Å². The summed E-state index contributed by atoms with van der Waals surface area (Å²) in [6.45, 7) is 1.58. The molecule has 0 unspecified atom stereocenters. The normalized spacial score (nSPS) is 23.4. The number of carbonyl (C=O) groups excluding carboxylic acids is 2. The molecular weight excluding hydrogens is 390 g/mol. The van der Waals surface area contributed by atoms with Crippen molar-refractivity contribution in [3.63, 3.8) is 0 Å². The summed E-state index contributed by atoms with van der Waals surface area (Å²) in [5.41, 5.74) is 0.942. The number of amides is 1. The van der Waals surface area contributed by atoms with Crippen LogP contribution in [0.4, 0.5) is 0 Å². The molecule has 0 N–H and O–H groups in total. The highest BCUT2D eigenvalue weighted by Gasteiger charge is 2.47. The SMILES string of the molecule is COc1c2n(ccc1=O)N1[C@H](c3ccccc3)[C@@H](SC(C)=O)CC[C@H]1N(C)C2=O. The van der Waals surface area contributed by atoms with Gasteiger partial charge in [-0.1, -0.05) is 42.1 Å². The molecular formula is C21H23N3O4S. The molecule has 2 aromatic rings. The van der Waals surface area contributed by atoms with Gasteiger partial charge in [-0.25, -0.2) is 0 Å². The summed E-state index contributed by atoms with van der Waals surface area (Å²) in [5, 5.41) is 2.19. The average Bonchev–Trinajstić information content (AvgIpc) is 2.71. The number of piperidine rings is 1. The molecule has 0 bridgehead atoms. The van der Waals surface area contributed by atoms with Crippen molar-refractivity contribution in [2.24, 2.45) is 0 Å². The zero-order valence-corrected chi connectivity index (χ0v) is 17.4. The fourth-order valence-corrected chi connectivity index (χ4v) is 5.45. The van der Waals surface area contributed by atoms with E-state index in [1.54, 1.807) is 29.7 Å². The lowest BCUT2D eigenvalue weighted by molar-refractivity contribution is -0.109. The Morgan fingerprint density at radius 1 is 1.14 bits per heavy atom. The zero-order chi connectivity index (χ0) is 20.7. The molecule has 8 heteroatoms. The van der Waals surface area contributed by atoms with E-state index in [4.69, 9.17) is 4.74 Å². The van der Waals surface area contributed by atoms with Crippen molar-refractivity contribution in [2.45, 2.75) is 37.2 Å². The lowest BCUT2D eigenvalue weighted by Gasteiger charge is -2.53. The molecule has 29 heavy (non-hydrogen) atoms. The quantitative estimate of drug-likeness (QED) is 0.770. The van der Waals surface area contributed by atoms with Gasteiger partial charge < -0.3 is 9.64 Å². The molecule has 2 aliphatic rings. The van der Waals surface area contributed by atoms with Crippen molar-refractivity contribution < 1.29 is 14.3 Å². The smallest absolute Gasteiger partial charge is 0.277 e. The number of thioether (sulfide) groups is 1. The molecule has 3 atom stereocenters. The van der Waals surface area contributed by atoms with Crippen LogP contribution in [0.3, 0.4) is 0 Å². The van der Waals surface area contributed by atoms with Crippen molar-refractivity contribution in [3.05, 3.63) is 64.1 Å². The minimum absolute atomic E-state index is 0.0195. The molecule has 1 saturated heterocycles. The van der Waals surface area contributed by atoms with Gasteiger partial charge in [0.2, 0.25) is 5.43 Å². The summed E-state index contributed by atoms with van der Waals surface area (Å²) in [4.78, 5) is 39.1. The number of hydrogen-bond acceptors (Lipinski definition) is 6. The van der Waals surface area contributed by atoms with Crippen LogP contribution in [0.2, 0.25) is 0 Å². The largest absolute Gasteiger partial charge is 0.491 e. The highest BCUT2D eigenvalue weighted by Crippen LogP contribution is 2.43. The van der Waals surface area contributed by atoms with Crippen LogP contribution in [0.5, 0.6) is 5.75 Å². The van der Waals surface area contributed by atoms with Crippen molar-refractivity contribution in [3.8, 4) is 5.75 Å². The molecule has 0 aliphatic carbocycles. The van der Waals surface area contributed by atoms with E-state index in [0.717, 1.165) is 18.4 Å². The van der Waals surface area contributed by atoms with Gasteiger partial charge in [-0.05, 0) is 18.4 Å². The van der Waals surface area contributed by atoms with Crippen LogP contribution >= 0.6 is 11.8 Å². The van der Waals surface area contributed by atoms with Crippen LogP contribution in [-0.2, 0) is 4.79 Å². The van der Waals surface area contributed by atoms with Crippen molar-refractivity contribution in [1.29, 1.82) is 0 Å². The topological polar surface area (TPSA) is 71.8 Å². The van der Waals surface area contributed by atoms with Gasteiger partial charge in [0.15, 0.2) is 16.6 Å². The van der Waals surface area contributed by atoms with Gasteiger partial charge in [0, 0.05) is 31.5 Å². The first kappa shape index (κ1) is 19.6. The second-order valence-electron chi connectivity index (χ2n) is 7.26. The first-order chi connectivity index (χ1) is 13.9. The van der Waals surface area contributed by atoms with E-state index in [1.807, 2.05) is 30.3 Å². The molecule has 0 spiro atoms. The summed E-state index contributed by atoms with van der Waals surface area (Å²) in [6.07, 6.45) is 2.98. The summed E-state index contributed by atoms with van der Waals surface area (Å²) in [5.74, 6) is -0.207. The first-order valence-electron chi connectivity index (χ1n) is 9.51. The lowest BCUT2D eigenvalue weighted by atomic mass is 9.93. The van der Waals surface area contributed by atoms with Gasteiger partial charge >= 0.3 is 0 Å². The summed E-state index contributed by atoms with van der Waals surface area (Å²) >= 11 is 1.33. The first-order valence-corrected chi connectivity index (χ1v) is 10.4. The number of carbonyl (C=O) groups is 2. The molecule has 152 valence electrons. The van der Waals surface area contributed by atoms with E-state index in [0.29, 0.717) is 0 Å². The maximum Gasteiger partial charge on any atom is 0.277 e. The molecule has 1 aromatic heterocycles. The Bertz CT molecular complexity index is 1010. The Kier molecular flexibility index (Phi) is 5.12. The fraction of sp³-hybridized carbons (Fsp3) is 0.381. The second-order valence-corrected chi connectivity index (χ2v) is 8.68. The molecule has 7 nitrogen and oxygen atoms in total. The lowest BCUT2D eigenvalue weighted by Crippen LogP contribution is -2.64. The highest BCUT2D eigenvalue weighted by atomic mass is 32.2. The predicted octanol–water partition coefficient (Wildman–Crippen LogP) is 2.39. The van der Waals surface area contributed by atoms with Crippen LogP contribution in [-0.4, -0.2) is 46.2 Å². The zero-order valence-electron chi connectivity index (χ0n) is 16.6. The number of ether oxygens (including phenoxy) is 1. The number of pyridine rings is 1. The van der Waals surface area contributed by atoms with Crippen LogP contribution in [0.1, 0.15) is 41.9 Å². The molecule has 0 radical (unpaired) electrons.